The molecule has 2 aliphatic rings. The van der Waals surface area contributed by atoms with E-state index in [9.17, 15) is 0 Å². The fourth-order valence-electron chi connectivity index (χ4n) is 5.78. The molecule has 0 radical (unpaired) electrons. The van der Waals surface area contributed by atoms with Crippen molar-refractivity contribution < 1.29 is 0 Å². The maximum absolute atomic E-state index is 2.60. The Kier molecular flexibility index (Phi) is 5.63. The Labute approximate surface area is 163 Å². The highest BCUT2D eigenvalue weighted by Gasteiger charge is 2.42. The van der Waals surface area contributed by atoms with Crippen molar-refractivity contribution >= 4 is 0 Å². The van der Waals surface area contributed by atoms with Crippen molar-refractivity contribution in [3.05, 3.63) is 34.9 Å². The van der Waals surface area contributed by atoms with Gasteiger partial charge in [0, 0.05) is 0 Å². The van der Waals surface area contributed by atoms with Crippen LogP contribution in [0, 0.1) is 17.8 Å². The van der Waals surface area contributed by atoms with Crippen LogP contribution < -0.4 is 0 Å². The van der Waals surface area contributed by atoms with E-state index in [4.69, 9.17) is 0 Å². The average molecular weight is 355 g/mol. The summed E-state index contributed by atoms with van der Waals surface area (Å²) in [6.07, 6.45) is 10.1. The van der Waals surface area contributed by atoms with Gasteiger partial charge in [0.05, 0.1) is 0 Å². The van der Waals surface area contributed by atoms with Crippen LogP contribution >= 0.6 is 0 Å². The number of hydrogen-bond acceptors (Lipinski definition) is 0. The smallest absolute Gasteiger partial charge is 0.0102 e. The van der Waals surface area contributed by atoms with Gasteiger partial charge in [-0.3, -0.25) is 0 Å². The topological polar surface area (TPSA) is 0 Å². The monoisotopic (exact) mass is 354 g/mol. The number of benzene rings is 1. The van der Waals surface area contributed by atoms with Crippen LogP contribution in [0.15, 0.2) is 18.2 Å². The van der Waals surface area contributed by atoms with Crippen LogP contribution in [-0.4, -0.2) is 0 Å². The molecular formula is C26H42. The van der Waals surface area contributed by atoms with Crippen LogP contribution in [0.2, 0.25) is 0 Å². The van der Waals surface area contributed by atoms with E-state index < -0.39 is 0 Å². The molecule has 0 N–H and O–H groups in total. The third-order valence-electron chi connectivity index (χ3n) is 7.33. The van der Waals surface area contributed by atoms with Crippen LogP contribution in [0.3, 0.4) is 0 Å². The zero-order valence-corrected chi connectivity index (χ0v) is 18.5. The van der Waals surface area contributed by atoms with Crippen LogP contribution in [0.4, 0.5) is 0 Å². The predicted molar refractivity (Wildman–Crippen MR) is 115 cm³/mol. The highest BCUT2D eigenvalue weighted by molar-refractivity contribution is 5.39. The Bertz CT molecular complexity index is 578. The maximum atomic E-state index is 2.60. The highest BCUT2D eigenvalue weighted by atomic mass is 14.5. The molecule has 26 heavy (non-hydrogen) atoms. The lowest BCUT2D eigenvalue weighted by Gasteiger charge is -2.42. The van der Waals surface area contributed by atoms with Gasteiger partial charge in [0.1, 0.15) is 0 Å². The van der Waals surface area contributed by atoms with E-state index in [1.54, 1.807) is 5.56 Å². The molecule has 2 fully saturated rings. The van der Waals surface area contributed by atoms with Crippen molar-refractivity contribution in [2.45, 2.75) is 110 Å². The third-order valence-corrected chi connectivity index (χ3v) is 7.33. The summed E-state index contributed by atoms with van der Waals surface area (Å²) in [6.45, 7) is 16.6. The molecule has 0 bridgehead atoms. The zero-order chi connectivity index (χ0) is 19.1. The van der Waals surface area contributed by atoms with Crippen LogP contribution in [0.1, 0.15) is 116 Å². The van der Waals surface area contributed by atoms with E-state index in [2.05, 4.69) is 66.7 Å². The summed E-state index contributed by atoms with van der Waals surface area (Å²) < 4.78 is 0. The molecule has 4 atom stereocenters. The van der Waals surface area contributed by atoms with Gasteiger partial charge in [-0.25, -0.2) is 0 Å². The molecule has 0 saturated heterocycles. The van der Waals surface area contributed by atoms with E-state index in [1.807, 2.05) is 0 Å². The molecule has 1 aromatic carbocycles. The quantitative estimate of drug-likeness (QED) is 0.516. The van der Waals surface area contributed by atoms with Gasteiger partial charge in [0.2, 0.25) is 0 Å². The van der Waals surface area contributed by atoms with Gasteiger partial charge in [0.25, 0.3) is 0 Å². The molecule has 0 aliphatic heterocycles. The Morgan fingerprint density at radius 2 is 1.42 bits per heavy atom. The van der Waals surface area contributed by atoms with E-state index in [0.29, 0.717) is 0 Å². The molecular weight excluding hydrogens is 312 g/mol. The molecule has 0 heterocycles. The fraction of sp³-hybridized carbons (Fsp3) is 0.769. The molecule has 0 spiro atoms. The molecule has 2 saturated carbocycles. The summed E-state index contributed by atoms with van der Waals surface area (Å²) in [5.41, 5.74) is 5.20. The molecule has 2 unspecified atom stereocenters. The maximum Gasteiger partial charge on any atom is -0.0102 e. The SMILES string of the molecule is CCC[C@@H]1CCC2CCCC2[C@@H]1c1cc(C(C)(C)C)cc(C(C)(C)C)c1. The Morgan fingerprint density at radius 3 is 1.96 bits per heavy atom. The van der Waals surface area contributed by atoms with E-state index in [0.717, 1.165) is 23.7 Å². The van der Waals surface area contributed by atoms with Gasteiger partial charge >= 0.3 is 0 Å². The first-order valence-corrected chi connectivity index (χ1v) is 11.3. The summed E-state index contributed by atoms with van der Waals surface area (Å²) in [7, 11) is 0. The first-order chi connectivity index (χ1) is 12.1. The summed E-state index contributed by atoms with van der Waals surface area (Å²) in [6, 6.07) is 7.69. The standard InChI is InChI=1S/C26H42/c1-8-10-19-14-13-18-11-9-12-23(18)24(19)20-15-21(25(2,3)4)17-22(16-20)26(5,6)7/h15-19,23-24H,8-14H2,1-7H3/t18?,19-,23?,24+/m1/s1. The normalized spacial score (nSPS) is 29.7. The number of hydrogen-bond donors (Lipinski definition) is 0. The van der Waals surface area contributed by atoms with Crippen LogP contribution in [0.25, 0.3) is 0 Å². The fourth-order valence-corrected chi connectivity index (χ4v) is 5.78. The Balaban J connectivity index is 2.09. The van der Waals surface area contributed by atoms with E-state index in [-0.39, 0.29) is 10.8 Å². The van der Waals surface area contributed by atoms with Gasteiger partial charge in [-0.2, -0.15) is 0 Å². The summed E-state index contributed by atoms with van der Waals surface area (Å²) in [5.74, 6) is 3.66. The van der Waals surface area contributed by atoms with Crippen molar-refractivity contribution in [2.75, 3.05) is 0 Å². The molecule has 0 heteroatoms. The van der Waals surface area contributed by atoms with Gasteiger partial charge in [0.15, 0.2) is 0 Å². The lowest BCUT2D eigenvalue weighted by molar-refractivity contribution is 0.159. The van der Waals surface area contributed by atoms with E-state index >= 15 is 0 Å². The van der Waals surface area contributed by atoms with Gasteiger partial charge in [-0.15, -0.1) is 0 Å². The second-order valence-corrected chi connectivity index (χ2v) is 11.4. The van der Waals surface area contributed by atoms with Crippen molar-refractivity contribution in [2.24, 2.45) is 17.8 Å². The molecule has 146 valence electrons. The molecule has 0 aromatic heterocycles. The predicted octanol–water partition coefficient (Wildman–Crippen LogP) is 7.99. The molecule has 3 rings (SSSR count). The first kappa shape index (κ1) is 20.0. The molecule has 0 amide bonds. The van der Waals surface area contributed by atoms with Gasteiger partial charge < -0.3 is 0 Å². The molecule has 0 nitrogen and oxygen atoms in total. The number of rotatable bonds is 3. The Morgan fingerprint density at radius 1 is 0.808 bits per heavy atom. The minimum atomic E-state index is 0.222. The largest absolute Gasteiger partial charge is 0.0654 e. The van der Waals surface area contributed by atoms with Crippen LogP contribution in [-0.2, 0) is 10.8 Å². The van der Waals surface area contributed by atoms with Crippen LogP contribution in [0.5, 0.6) is 0 Å². The first-order valence-electron chi connectivity index (χ1n) is 11.3. The second-order valence-electron chi connectivity index (χ2n) is 11.4. The Hall–Kier alpha value is -0.780. The van der Waals surface area contributed by atoms with E-state index in [1.165, 1.54) is 56.1 Å². The van der Waals surface area contributed by atoms with Gasteiger partial charge in [-0.1, -0.05) is 92.3 Å². The number of fused-ring (bicyclic) bond motifs is 1. The third kappa shape index (κ3) is 4.05. The minimum Gasteiger partial charge on any atom is -0.0654 e. The summed E-state index contributed by atoms with van der Waals surface area (Å²) >= 11 is 0. The summed E-state index contributed by atoms with van der Waals surface area (Å²) in [4.78, 5) is 0. The lowest BCUT2D eigenvalue weighted by atomic mass is 9.63. The van der Waals surface area contributed by atoms with Crippen molar-refractivity contribution in [3.8, 4) is 0 Å². The summed E-state index contributed by atoms with van der Waals surface area (Å²) in [5, 5.41) is 0. The lowest BCUT2D eigenvalue weighted by Crippen LogP contribution is -2.31. The zero-order valence-electron chi connectivity index (χ0n) is 18.5. The minimum absolute atomic E-state index is 0.222. The van der Waals surface area contributed by atoms with Crippen molar-refractivity contribution in [3.63, 3.8) is 0 Å². The second kappa shape index (κ2) is 7.33. The highest BCUT2D eigenvalue weighted by Crippen LogP contribution is 2.54. The molecule has 2 aliphatic carbocycles. The average Bonchev–Trinajstić information content (AvgIpc) is 3.01. The van der Waals surface area contributed by atoms with Gasteiger partial charge in [-0.05, 0) is 70.5 Å². The van der Waals surface area contributed by atoms with Crippen molar-refractivity contribution in [1.29, 1.82) is 0 Å². The molecule has 1 aromatic rings. The van der Waals surface area contributed by atoms with Crippen molar-refractivity contribution in [1.82, 2.24) is 0 Å².